The molecule has 86 valence electrons. The molecule has 1 unspecified atom stereocenters. The van der Waals surface area contributed by atoms with Crippen LogP contribution in [-0.4, -0.2) is 37.1 Å². The second-order valence-corrected chi connectivity index (χ2v) is 3.93. The van der Waals surface area contributed by atoms with Gasteiger partial charge in [0.25, 0.3) is 0 Å². The topological polar surface area (TPSA) is 15.3 Å². The Bertz CT molecular complexity index is 111. The molecule has 0 spiro atoms. The standard InChI is InChI=1S/C12H28N2/c1-5-9-12(13-10-6-2)11-14(7-3)8-4/h12-13H,5-11H2,1-4H3. The van der Waals surface area contributed by atoms with Gasteiger partial charge in [0.2, 0.25) is 0 Å². The Labute approximate surface area is 90.1 Å². The Morgan fingerprint density at radius 2 is 1.64 bits per heavy atom. The second-order valence-electron chi connectivity index (χ2n) is 3.93. The summed E-state index contributed by atoms with van der Waals surface area (Å²) in [6, 6.07) is 0.694. The maximum atomic E-state index is 3.63. The Balaban J connectivity index is 3.80. The molecule has 0 aliphatic rings. The summed E-state index contributed by atoms with van der Waals surface area (Å²) < 4.78 is 0. The summed E-state index contributed by atoms with van der Waals surface area (Å²) in [4.78, 5) is 2.50. The molecule has 0 heterocycles. The molecular formula is C12H28N2. The minimum atomic E-state index is 0.694. The summed E-state index contributed by atoms with van der Waals surface area (Å²) in [5, 5.41) is 3.63. The number of hydrogen-bond acceptors (Lipinski definition) is 2. The van der Waals surface area contributed by atoms with E-state index >= 15 is 0 Å². The number of nitrogens with zero attached hydrogens (tertiary/aromatic N) is 1. The molecule has 0 radical (unpaired) electrons. The van der Waals surface area contributed by atoms with Crippen LogP contribution in [0.15, 0.2) is 0 Å². The predicted octanol–water partition coefficient (Wildman–Crippen LogP) is 2.50. The molecule has 0 fully saturated rings. The summed E-state index contributed by atoms with van der Waals surface area (Å²) in [5.41, 5.74) is 0. The fraction of sp³-hybridized carbons (Fsp3) is 1.00. The molecule has 0 bridgehead atoms. The zero-order valence-electron chi connectivity index (χ0n) is 10.5. The molecule has 2 heteroatoms. The van der Waals surface area contributed by atoms with Crippen LogP contribution in [0.3, 0.4) is 0 Å². The number of nitrogens with one attached hydrogen (secondary N) is 1. The van der Waals surface area contributed by atoms with Gasteiger partial charge in [-0.05, 0) is 32.5 Å². The van der Waals surface area contributed by atoms with Gasteiger partial charge in [0, 0.05) is 12.6 Å². The van der Waals surface area contributed by atoms with Gasteiger partial charge < -0.3 is 10.2 Å². The average molecular weight is 200 g/mol. The highest BCUT2D eigenvalue weighted by Crippen LogP contribution is 2.00. The second kappa shape index (κ2) is 9.47. The molecule has 0 aromatic rings. The molecule has 0 aliphatic carbocycles. The van der Waals surface area contributed by atoms with Crippen LogP contribution in [0.1, 0.15) is 47.0 Å². The highest BCUT2D eigenvalue weighted by atomic mass is 15.1. The van der Waals surface area contributed by atoms with E-state index in [-0.39, 0.29) is 0 Å². The van der Waals surface area contributed by atoms with E-state index in [1.54, 1.807) is 0 Å². The quantitative estimate of drug-likeness (QED) is 0.615. The maximum absolute atomic E-state index is 3.63. The molecule has 0 saturated carbocycles. The minimum absolute atomic E-state index is 0.694. The van der Waals surface area contributed by atoms with Crippen LogP contribution in [0, 0.1) is 0 Å². The van der Waals surface area contributed by atoms with Crippen molar-refractivity contribution < 1.29 is 0 Å². The van der Waals surface area contributed by atoms with E-state index in [9.17, 15) is 0 Å². The van der Waals surface area contributed by atoms with E-state index in [1.807, 2.05) is 0 Å². The zero-order valence-corrected chi connectivity index (χ0v) is 10.5. The Morgan fingerprint density at radius 3 is 2.07 bits per heavy atom. The first-order valence-electron chi connectivity index (χ1n) is 6.24. The third-order valence-corrected chi connectivity index (χ3v) is 2.69. The van der Waals surface area contributed by atoms with Crippen LogP contribution >= 0.6 is 0 Å². The number of rotatable bonds is 9. The molecule has 0 saturated heterocycles. The summed E-state index contributed by atoms with van der Waals surface area (Å²) in [7, 11) is 0. The van der Waals surface area contributed by atoms with Gasteiger partial charge >= 0.3 is 0 Å². The lowest BCUT2D eigenvalue weighted by atomic mass is 10.1. The molecular weight excluding hydrogens is 172 g/mol. The summed E-state index contributed by atoms with van der Waals surface area (Å²) in [6.45, 7) is 13.7. The Hall–Kier alpha value is -0.0800. The molecule has 1 N–H and O–H groups in total. The first kappa shape index (κ1) is 13.9. The van der Waals surface area contributed by atoms with Crippen LogP contribution in [0.5, 0.6) is 0 Å². The summed E-state index contributed by atoms with van der Waals surface area (Å²) in [6.07, 6.45) is 3.82. The predicted molar refractivity (Wildman–Crippen MR) is 64.8 cm³/mol. The van der Waals surface area contributed by atoms with E-state index in [1.165, 1.54) is 38.9 Å². The van der Waals surface area contributed by atoms with E-state index in [4.69, 9.17) is 0 Å². The normalized spacial score (nSPS) is 13.5. The van der Waals surface area contributed by atoms with Crippen molar-refractivity contribution in [2.75, 3.05) is 26.2 Å². The largest absolute Gasteiger partial charge is 0.313 e. The molecule has 0 aromatic heterocycles. The van der Waals surface area contributed by atoms with Crippen molar-refractivity contribution in [1.82, 2.24) is 10.2 Å². The van der Waals surface area contributed by atoms with Crippen LogP contribution in [0.2, 0.25) is 0 Å². The highest BCUT2D eigenvalue weighted by Gasteiger charge is 2.09. The van der Waals surface area contributed by atoms with Gasteiger partial charge in [0.1, 0.15) is 0 Å². The van der Waals surface area contributed by atoms with Gasteiger partial charge in [-0.25, -0.2) is 0 Å². The molecule has 0 amide bonds. The third-order valence-electron chi connectivity index (χ3n) is 2.69. The van der Waals surface area contributed by atoms with Crippen molar-refractivity contribution in [3.63, 3.8) is 0 Å². The highest BCUT2D eigenvalue weighted by molar-refractivity contribution is 4.70. The van der Waals surface area contributed by atoms with Crippen molar-refractivity contribution in [3.8, 4) is 0 Å². The third kappa shape index (κ3) is 6.39. The van der Waals surface area contributed by atoms with Crippen molar-refractivity contribution in [2.45, 2.75) is 53.0 Å². The Kier molecular flexibility index (Phi) is 9.42. The average Bonchev–Trinajstić information content (AvgIpc) is 2.22. The van der Waals surface area contributed by atoms with Crippen molar-refractivity contribution in [1.29, 1.82) is 0 Å². The SMILES string of the molecule is CCCNC(CCC)CN(CC)CC. The summed E-state index contributed by atoms with van der Waals surface area (Å²) >= 11 is 0. The smallest absolute Gasteiger partial charge is 0.0194 e. The summed E-state index contributed by atoms with van der Waals surface area (Å²) in [5.74, 6) is 0. The Morgan fingerprint density at radius 1 is 1.00 bits per heavy atom. The van der Waals surface area contributed by atoms with Gasteiger partial charge in [-0.15, -0.1) is 0 Å². The molecule has 14 heavy (non-hydrogen) atoms. The van der Waals surface area contributed by atoms with Gasteiger partial charge in [-0.3, -0.25) is 0 Å². The first-order chi connectivity index (χ1) is 6.78. The number of hydrogen-bond donors (Lipinski definition) is 1. The zero-order chi connectivity index (χ0) is 10.8. The monoisotopic (exact) mass is 200 g/mol. The minimum Gasteiger partial charge on any atom is -0.313 e. The molecule has 2 nitrogen and oxygen atoms in total. The van der Waals surface area contributed by atoms with E-state index in [2.05, 4.69) is 37.9 Å². The fourth-order valence-corrected chi connectivity index (χ4v) is 1.75. The van der Waals surface area contributed by atoms with Crippen molar-refractivity contribution in [3.05, 3.63) is 0 Å². The fourth-order valence-electron chi connectivity index (χ4n) is 1.75. The van der Waals surface area contributed by atoms with Crippen LogP contribution in [-0.2, 0) is 0 Å². The van der Waals surface area contributed by atoms with Crippen LogP contribution in [0.25, 0.3) is 0 Å². The van der Waals surface area contributed by atoms with Crippen molar-refractivity contribution in [2.24, 2.45) is 0 Å². The van der Waals surface area contributed by atoms with E-state index in [0.717, 1.165) is 6.54 Å². The molecule has 0 rings (SSSR count). The maximum Gasteiger partial charge on any atom is 0.0194 e. The van der Waals surface area contributed by atoms with Crippen LogP contribution in [0.4, 0.5) is 0 Å². The van der Waals surface area contributed by atoms with Crippen molar-refractivity contribution >= 4 is 0 Å². The molecule has 1 atom stereocenters. The van der Waals surface area contributed by atoms with Gasteiger partial charge in [-0.1, -0.05) is 34.1 Å². The van der Waals surface area contributed by atoms with E-state index < -0.39 is 0 Å². The molecule has 0 aromatic carbocycles. The first-order valence-corrected chi connectivity index (χ1v) is 6.24. The van der Waals surface area contributed by atoms with Crippen LogP contribution < -0.4 is 5.32 Å². The van der Waals surface area contributed by atoms with E-state index in [0.29, 0.717) is 6.04 Å². The van der Waals surface area contributed by atoms with Gasteiger partial charge in [0.15, 0.2) is 0 Å². The lowest BCUT2D eigenvalue weighted by Crippen LogP contribution is -2.41. The molecule has 0 aliphatic heterocycles. The lowest BCUT2D eigenvalue weighted by Gasteiger charge is -2.25. The van der Waals surface area contributed by atoms with Gasteiger partial charge in [0.05, 0.1) is 0 Å². The van der Waals surface area contributed by atoms with Gasteiger partial charge in [-0.2, -0.15) is 0 Å². The lowest BCUT2D eigenvalue weighted by molar-refractivity contribution is 0.257. The number of likely N-dealkylation sites (N-methyl/N-ethyl adjacent to an activating group) is 1.